The molecule has 0 atom stereocenters. The van der Waals surface area contributed by atoms with Crippen LogP contribution in [0.25, 0.3) is 44.3 Å². The van der Waals surface area contributed by atoms with E-state index < -0.39 is 15.0 Å². The first-order chi connectivity index (χ1) is 14.8. The Morgan fingerprint density at radius 3 is 2.25 bits per heavy atom. The van der Waals surface area contributed by atoms with Gasteiger partial charge in [0.05, 0.1) is 21.4 Å². The van der Waals surface area contributed by atoms with Crippen molar-refractivity contribution in [1.82, 2.24) is 9.97 Å². The van der Waals surface area contributed by atoms with Crippen molar-refractivity contribution in [2.45, 2.75) is 4.90 Å². The van der Waals surface area contributed by atoms with Crippen molar-refractivity contribution in [3.8, 4) is 34.0 Å². The molecule has 0 unspecified atom stereocenters. The fraction of sp³-hybridized carbons (Fsp3) is 0. The SMILES string of the molecule is Cl.O=S(=O)(O)c1cc(O)c2c(ccc3[nH]c(-c4ccc(-c5ccccc5)cc4O)nc32)c1. The van der Waals surface area contributed by atoms with Crippen molar-refractivity contribution in [2.75, 3.05) is 0 Å². The molecular formula is C23H17ClN2O5S. The van der Waals surface area contributed by atoms with E-state index in [1.807, 2.05) is 36.4 Å². The fourth-order valence-corrected chi connectivity index (χ4v) is 4.24. The molecule has 4 aromatic carbocycles. The van der Waals surface area contributed by atoms with Crippen LogP contribution in [0.1, 0.15) is 0 Å². The van der Waals surface area contributed by atoms with Crippen molar-refractivity contribution in [3.63, 3.8) is 0 Å². The van der Waals surface area contributed by atoms with Gasteiger partial charge < -0.3 is 15.2 Å². The van der Waals surface area contributed by atoms with E-state index in [0.717, 1.165) is 17.2 Å². The Hall–Kier alpha value is -3.59. The summed E-state index contributed by atoms with van der Waals surface area (Å²) in [4.78, 5) is 7.26. The number of phenols is 2. The molecule has 0 aliphatic heterocycles. The molecule has 9 heteroatoms. The van der Waals surface area contributed by atoms with Crippen molar-refractivity contribution < 1.29 is 23.2 Å². The summed E-state index contributed by atoms with van der Waals surface area (Å²) in [5.41, 5.74) is 3.33. The maximum atomic E-state index is 11.4. The van der Waals surface area contributed by atoms with E-state index >= 15 is 0 Å². The number of benzene rings is 4. The van der Waals surface area contributed by atoms with E-state index in [4.69, 9.17) is 0 Å². The first-order valence-electron chi connectivity index (χ1n) is 9.33. The van der Waals surface area contributed by atoms with Gasteiger partial charge in [-0.1, -0.05) is 42.5 Å². The molecule has 0 radical (unpaired) electrons. The molecule has 0 aliphatic carbocycles. The average Bonchev–Trinajstić information content (AvgIpc) is 3.17. The summed E-state index contributed by atoms with van der Waals surface area (Å²) in [6.07, 6.45) is 0. The predicted octanol–water partition coefficient (Wildman–Crippen LogP) is 5.13. The van der Waals surface area contributed by atoms with Gasteiger partial charge >= 0.3 is 0 Å². The number of rotatable bonds is 3. The Bertz CT molecular complexity index is 1580. The summed E-state index contributed by atoms with van der Waals surface area (Å²) in [7, 11) is -4.46. The molecule has 1 aromatic heterocycles. The van der Waals surface area contributed by atoms with Crippen LogP contribution >= 0.6 is 12.4 Å². The highest BCUT2D eigenvalue weighted by Crippen LogP contribution is 2.37. The number of phenolic OH excluding ortho intramolecular Hbond substituents is 2. The molecule has 0 saturated heterocycles. The molecule has 4 N–H and O–H groups in total. The topological polar surface area (TPSA) is 124 Å². The Morgan fingerprint density at radius 2 is 1.56 bits per heavy atom. The number of nitrogens with zero attached hydrogens (tertiary/aromatic N) is 1. The van der Waals surface area contributed by atoms with Gasteiger partial charge in [-0.3, -0.25) is 4.55 Å². The van der Waals surface area contributed by atoms with Crippen LogP contribution in [-0.2, 0) is 10.1 Å². The lowest BCUT2D eigenvalue weighted by Crippen LogP contribution is -1.97. The van der Waals surface area contributed by atoms with Crippen molar-refractivity contribution in [3.05, 3.63) is 72.8 Å². The van der Waals surface area contributed by atoms with Gasteiger partial charge in [0.25, 0.3) is 10.1 Å². The van der Waals surface area contributed by atoms with E-state index in [0.29, 0.717) is 33.2 Å². The maximum absolute atomic E-state index is 11.4. The van der Waals surface area contributed by atoms with Crippen LogP contribution in [0.3, 0.4) is 0 Å². The Balaban J connectivity index is 0.00000245. The third kappa shape index (κ3) is 3.64. The molecule has 0 bridgehead atoms. The third-order valence-electron chi connectivity index (χ3n) is 5.18. The smallest absolute Gasteiger partial charge is 0.294 e. The number of nitrogens with one attached hydrogen (secondary N) is 1. The summed E-state index contributed by atoms with van der Waals surface area (Å²) in [5.74, 6) is 0.123. The van der Waals surface area contributed by atoms with Gasteiger partial charge in [0.2, 0.25) is 0 Å². The number of halogens is 1. The summed E-state index contributed by atoms with van der Waals surface area (Å²) in [5, 5.41) is 21.8. The van der Waals surface area contributed by atoms with Crippen LogP contribution < -0.4 is 0 Å². The molecule has 0 aliphatic rings. The molecule has 0 amide bonds. The fourth-order valence-electron chi connectivity index (χ4n) is 3.70. The lowest BCUT2D eigenvalue weighted by molar-refractivity contribution is 0.471. The third-order valence-corrected chi connectivity index (χ3v) is 6.01. The second-order valence-corrected chi connectivity index (χ2v) is 8.58. The number of H-pyrrole nitrogens is 1. The van der Waals surface area contributed by atoms with Crippen LogP contribution in [0, 0.1) is 0 Å². The van der Waals surface area contributed by atoms with E-state index in [1.165, 1.54) is 6.07 Å². The highest BCUT2D eigenvalue weighted by molar-refractivity contribution is 7.85. The minimum Gasteiger partial charge on any atom is -0.507 e. The summed E-state index contributed by atoms with van der Waals surface area (Å²) in [6.45, 7) is 0. The first-order valence-corrected chi connectivity index (χ1v) is 10.8. The number of aromatic amines is 1. The zero-order chi connectivity index (χ0) is 21.8. The lowest BCUT2D eigenvalue weighted by atomic mass is 10.0. The van der Waals surface area contributed by atoms with Crippen LogP contribution in [-0.4, -0.2) is 33.2 Å². The number of fused-ring (bicyclic) bond motifs is 3. The highest BCUT2D eigenvalue weighted by atomic mass is 35.5. The quantitative estimate of drug-likeness (QED) is 0.272. The van der Waals surface area contributed by atoms with Gasteiger partial charge in [-0.25, -0.2) is 4.98 Å². The Kier molecular flexibility index (Phi) is 5.29. The number of hydrogen-bond donors (Lipinski definition) is 4. The van der Waals surface area contributed by atoms with Crippen molar-refractivity contribution in [1.29, 1.82) is 0 Å². The standard InChI is InChI=1S/C23H16N2O5S.ClH/c26-19-11-14(13-4-2-1-3-5-13)6-8-17(19)23-24-18-9-7-15-10-16(31(28,29)30)12-20(27)21(15)22(18)25-23;/h1-12,26-27H,(H,24,25)(H,28,29,30);1H. The number of hydrogen-bond acceptors (Lipinski definition) is 5. The normalized spacial score (nSPS) is 11.5. The number of aromatic hydroxyl groups is 2. The van der Waals surface area contributed by atoms with E-state index in [-0.39, 0.29) is 23.9 Å². The van der Waals surface area contributed by atoms with Gasteiger partial charge in [-0.15, -0.1) is 12.4 Å². The summed E-state index contributed by atoms with van der Waals surface area (Å²) >= 11 is 0. The molecule has 5 aromatic rings. The van der Waals surface area contributed by atoms with Crippen LogP contribution in [0.2, 0.25) is 0 Å². The minimum absolute atomic E-state index is 0. The lowest BCUT2D eigenvalue weighted by Gasteiger charge is -2.06. The van der Waals surface area contributed by atoms with Gasteiger partial charge in [-0.05, 0) is 40.8 Å². The molecule has 0 spiro atoms. The van der Waals surface area contributed by atoms with E-state index in [9.17, 15) is 23.2 Å². The minimum atomic E-state index is -4.46. The monoisotopic (exact) mass is 468 g/mol. The molecule has 0 fully saturated rings. The summed E-state index contributed by atoms with van der Waals surface area (Å²) < 4.78 is 32.2. The molecule has 7 nitrogen and oxygen atoms in total. The second-order valence-electron chi connectivity index (χ2n) is 7.16. The van der Waals surface area contributed by atoms with Gasteiger partial charge in [0, 0.05) is 6.07 Å². The van der Waals surface area contributed by atoms with Crippen LogP contribution in [0.4, 0.5) is 0 Å². The molecule has 5 rings (SSSR count). The Labute approximate surface area is 189 Å². The molecule has 1 heterocycles. The molecule has 32 heavy (non-hydrogen) atoms. The first kappa shape index (κ1) is 21.6. The zero-order valence-corrected chi connectivity index (χ0v) is 18.0. The van der Waals surface area contributed by atoms with Gasteiger partial charge in [-0.2, -0.15) is 8.42 Å². The highest BCUT2D eigenvalue weighted by Gasteiger charge is 2.18. The largest absolute Gasteiger partial charge is 0.507 e. The molecule has 162 valence electrons. The molecular weight excluding hydrogens is 452 g/mol. The average molecular weight is 469 g/mol. The Morgan fingerprint density at radius 1 is 0.812 bits per heavy atom. The molecule has 0 saturated carbocycles. The van der Waals surface area contributed by atoms with Gasteiger partial charge in [0.1, 0.15) is 22.8 Å². The number of imidazole rings is 1. The summed E-state index contributed by atoms with van der Waals surface area (Å²) in [6, 6.07) is 20.5. The van der Waals surface area contributed by atoms with E-state index in [1.54, 1.807) is 24.3 Å². The van der Waals surface area contributed by atoms with E-state index in [2.05, 4.69) is 9.97 Å². The zero-order valence-electron chi connectivity index (χ0n) is 16.4. The van der Waals surface area contributed by atoms with Gasteiger partial charge in [0.15, 0.2) is 0 Å². The second kappa shape index (κ2) is 7.83. The van der Waals surface area contributed by atoms with Crippen molar-refractivity contribution >= 4 is 44.3 Å². The predicted molar refractivity (Wildman–Crippen MR) is 125 cm³/mol. The van der Waals surface area contributed by atoms with Crippen LogP contribution in [0.5, 0.6) is 11.5 Å². The van der Waals surface area contributed by atoms with Crippen molar-refractivity contribution in [2.24, 2.45) is 0 Å². The maximum Gasteiger partial charge on any atom is 0.294 e. The van der Waals surface area contributed by atoms with Crippen LogP contribution in [0.15, 0.2) is 77.7 Å². The number of aromatic nitrogens is 2.